The lowest BCUT2D eigenvalue weighted by atomic mass is 10.0. The van der Waals surface area contributed by atoms with Crippen LogP contribution in [0.2, 0.25) is 0 Å². The Balaban J connectivity index is 1.97. The Bertz CT molecular complexity index is 752. The number of anilines is 2. The molecule has 1 aliphatic heterocycles. The molecule has 2 N–H and O–H groups in total. The van der Waals surface area contributed by atoms with Crippen molar-refractivity contribution in [3.8, 4) is 0 Å². The summed E-state index contributed by atoms with van der Waals surface area (Å²) in [5, 5.41) is 10.1. The molecule has 0 fully saturated rings. The fraction of sp³-hybridized carbons (Fsp3) is 0.400. The number of rotatable bonds is 2. The Kier molecular flexibility index (Phi) is 3.16. The molecule has 1 aliphatic rings. The van der Waals surface area contributed by atoms with Gasteiger partial charge in [0.2, 0.25) is 5.91 Å². The Morgan fingerprint density at radius 3 is 2.82 bits per heavy atom. The summed E-state index contributed by atoms with van der Waals surface area (Å²) >= 11 is 0. The zero-order valence-corrected chi connectivity index (χ0v) is 13.0. The van der Waals surface area contributed by atoms with Crippen molar-refractivity contribution in [1.82, 2.24) is 20.1 Å². The molecular formula is C15H18FN5O. The third kappa shape index (κ3) is 2.13. The molecule has 0 atom stereocenters. The van der Waals surface area contributed by atoms with Crippen LogP contribution in [0.5, 0.6) is 0 Å². The minimum absolute atomic E-state index is 0.0135. The summed E-state index contributed by atoms with van der Waals surface area (Å²) in [5.41, 5.74) is 1.97. The first kappa shape index (κ1) is 14.5. The van der Waals surface area contributed by atoms with Gasteiger partial charge in [0.1, 0.15) is 0 Å². The van der Waals surface area contributed by atoms with Gasteiger partial charge >= 0.3 is 0 Å². The van der Waals surface area contributed by atoms with Gasteiger partial charge < -0.3 is 10.2 Å². The number of nitrogens with zero attached hydrogens (tertiary/aromatic N) is 3. The van der Waals surface area contributed by atoms with Gasteiger partial charge in [0, 0.05) is 18.2 Å². The van der Waals surface area contributed by atoms with Crippen molar-refractivity contribution in [3.05, 3.63) is 34.9 Å². The highest BCUT2D eigenvalue weighted by Gasteiger charge is 2.42. The molecule has 0 radical (unpaired) electrons. The van der Waals surface area contributed by atoms with E-state index in [9.17, 15) is 9.18 Å². The molecule has 2 aromatic rings. The average molecular weight is 303 g/mol. The quantitative estimate of drug-likeness (QED) is 0.894. The first-order valence-corrected chi connectivity index (χ1v) is 7.07. The number of halogens is 1. The number of carbonyl (C=O) groups is 1. The highest BCUT2D eigenvalue weighted by atomic mass is 19.1. The summed E-state index contributed by atoms with van der Waals surface area (Å²) in [4.78, 5) is 17.7. The third-order valence-electron chi connectivity index (χ3n) is 4.07. The van der Waals surface area contributed by atoms with E-state index in [1.165, 1.54) is 13.0 Å². The SMILES string of the molecule is CC(=O)N1Cc2c(Nc3nc(C)ccc3F)n[nH]c2C1(C)C. The second kappa shape index (κ2) is 4.79. The standard InChI is InChI=1S/C15H18FN5O/c1-8-5-6-11(16)14(17-8)18-13-10-7-21(9(2)22)15(3,4)12(10)19-20-13/h5-6H,7H2,1-4H3,(H2,17,18,19,20). The molecule has 0 unspecified atom stereocenters. The van der Waals surface area contributed by atoms with E-state index in [1.54, 1.807) is 17.9 Å². The first-order chi connectivity index (χ1) is 10.3. The van der Waals surface area contributed by atoms with E-state index in [4.69, 9.17) is 0 Å². The second-order valence-electron chi connectivity index (χ2n) is 6.00. The molecular weight excluding hydrogens is 285 g/mol. The average Bonchev–Trinajstić information content (AvgIpc) is 2.94. The van der Waals surface area contributed by atoms with Crippen LogP contribution in [0.4, 0.5) is 16.0 Å². The number of amides is 1. The van der Waals surface area contributed by atoms with E-state index in [0.29, 0.717) is 18.1 Å². The summed E-state index contributed by atoms with van der Waals surface area (Å²) in [6.07, 6.45) is 0. The molecule has 0 bridgehead atoms. The first-order valence-electron chi connectivity index (χ1n) is 7.07. The van der Waals surface area contributed by atoms with E-state index in [1.807, 2.05) is 13.8 Å². The molecule has 0 saturated carbocycles. The highest BCUT2D eigenvalue weighted by molar-refractivity contribution is 5.76. The Morgan fingerprint density at radius 2 is 2.14 bits per heavy atom. The van der Waals surface area contributed by atoms with Gasteiger partial charge in [0.15, 0.2) is 17.5 Å². The maximum absolute atomic E-state index is 13.8. The van der Waals surface area contributed by atoms with E-state index >= 15 is 0 Å². The zero-order valence-electron chi connectivity index (χ0n) is 13.0. The number of carbonyl (C=O) groups excluding carboxylic acids is 1. The number of hydrogen-bond donors (Lipinski definition) is 2. The van der Waals surface area contributed by atoms with Crippen molar-refractivity contribution < 1.29 is 9.18 Å². The zero-order chi connectivity index (χ0) is 16.1. The van der Waals surface area contributed by atoms with Crippen molar-refractivity contribution >= 4 is 17.5 Å². The van der Waals surface area contributed by atoms with Gasteiger partial charge in [0.25, 0.3) is 0 Å². The molecule has 3 heterocycles. The van der Waals surface area contributed by atoms with Crippen LogP contribution in [0, 0.1) is 12.7 Å². The van der Waals surface area contributed by atoms with Crippen molar-refractivity contribution in [2.45, 2.75) is 39.8 Å². The number of pyridine rings is 1. The van der Waals surface area contributed by atoms with E-state index in [-0.39, 0.29) is 11.7 Å². The van der Waals surface area contributed by atoms with Crippen LogP contribution in [0.15, 0.2) is 12.1 Å². The van der Waals surface area contributed by atoms with Crippen molar-refractivity contribution in [3.63, 3.8) is 0 Å². The molecule has 0 aromatic carbocycles. The molecule has 3 rings (SSSR count). The molecule has 6 nitrogen and oxygen atoms in total. The number of fused-ring (bicyclic) bond motifs is 1. The normalized spacial score (nSPS) is 15.8. The smallest absolute Gasteiger partial charge is 0.220 e. The number of nitrogens with one attached hydrogen (secondary N) is 2. The fourth-order valence-electron chi connectivity index (χ4n) is 2.86. The van der Waals surface area contributed by atoms with Crippen molar-refractivity contribution in [1.29, 1.82) is 0 Å². The van der Waals surface area contributed by atoms with Gasteiger partial charge in [-0.15, -0.1) is 0 Å². The topological polar surface area (TPSA) is 73.9 Å². The largest absolute Gasteiger partial charge is 0.328 e. The predicted octanol–water partition coefficient (Wildman–Crippen LogP) is 2.59. The van der Waals surface area contributed by atoms with Crippen LogP contribution in [-0.2, 0) is 16.9 Å². The summed E-state index contributed by atoms with van der Waals surface area (Å²) in [6.45, 7) is 7.67. The van der Waals surface area contributed by atoms with Crippen molar-refractivity contribution in [2.75, 3.05) is 5.32 Å². The Morgan fingerprint density at radius 1 is 1.41 bits per heavy atom. The minimum atomic E-state index is -0.466. The molecule has 0 aliphatic carbocycles. The summed E-state index contributed by atoms with van der Waals surface area (Å²) < 4.78 is 13.8. The summed E-state index contributed by atoms with van der Waals surface area (Å²) in [5.74, 6) is 0.181. The minimum Gasteiger partial charge on any atom is -0.328 e. The van der Waals surface area contributed by atoms with Gasteiger partial charge in [-0.1, -0.05) is 0 Å². The lowest BCUT2D eigenvalue weighted by Crippen LogP contribution is -2.39. The Labute approximate surface area is 127 Å². The lowest BCUT2D eigenvalue weighted by Gasteiger charge is -2.30. The number of H-pyrrole nitrogens is 1. The maximum atomic E-state index is 13.8. The number of aryl methyl sites for hydroxylation is 1. The third-order valence-corrected chi connectivity index (χ3v) is 4.07. The molecule has 22 heavy (non-hydrogen) atoms. The predicted molar refractivity (Wildman–Crippen MR) is 80.1 cm³/mol. The second-order valence-corrected chi connectivity index (χ2v) is 6.00. The van der Waals surface area contributed by atoms with Gasteiger partial charge in [-0.05, 0) is 32.9 Å². The van der Waals surface area contributed by atoms with Crippen LogP contribution in [0.25, 0.3) is 0 Å². The van der Waals surface area contributed by atoms with Crippen molar-refractivity contribution in [2.24, 2.45) is 0 Å². The molecule has 0 saturated heterocycles. The van der Waals surface area contributed by atoms with E-state index in [0.717, 1.165) is 11.3 Å². The van der Waals surface area contributed by atoms with Gasteiger partial charge in [-0.25, -0.2) is 9.37 Å². The number of aromatic amines is 1. The van der Waals surface area contributed by atoms with Crippen LogP contribution in [0.3, 0.4) is 0 Å². The van der Waals surface area contributed by atoms with Crippen LogP contribution in [0.1, 0.15) is 37.7 Å². The molecule has 0 spiro atoms. The highest BCUT2D eigenvalue weighted by Crippen LogP contribution is 2.40. The van der Waals surface area contributed by atoms with E-state index in [2.05, 4.69) is 20.5 Å². The van der Waals surface area contributed by atoms with Gasteiger partial charge in [0.05, 0.1) is 17.8 Å². The molecule has 1 amide bonds. The molecule has 2 aromatic heterocycles. The number of hydrogen-bond acceptors (Lipinski definition) is 4. The summed E-state index contributed by atoms with van der Waals surface area (Å²) in [6, 6.07) is 2.97. The van der Waals surface area contributed by atoms with Gasteiger partial charge in [-0.3, -0.25) is 9.89 Å². The monoisotopic (exact) mass is 303 g/mol. The number of aromatic nitrogens is 3. The van der Waals surface area contributed by atoms with Crippen LogP contribution < -0.4 is 5.32 Å². The lowest BCUT2D eigenvalue weighted by molar-refractivity contribution is -0.134. The maximum Gasteiger partial charge on any atom is 0.220 e. The fourth-order valence-corrected chi connectivity index (χ4v) is 2.86. The van der Waals surface area contributed by atoms with Gasteiger partial charge in [-0.2, -0.15) is 5.10 Å². The summed E-state index contributed by atoms with van der Waals surface area (Å²) in [7, 11) is 0. The Hall–Kier alpha value is -2.44. The molecule has 7 heteroatoms. The van der Waals surface area contributed by atoms with E-state index < -0.39 is 11.4 Å². The van der Waals surface area contributed by atoms with Crippen LogP contribution in [-0.4, -0.2) is 26.0 Å². The van der Waals surface area contributed by atoms with Crippen LogP contribution >= 0.6 is 0 Å². The molecule has 116 valence electrons.